The van der Waals surface area contributed by atoms with Crippen molar-refractivity contribution in [2.24, 2.45) is 11.7 Å². The molecule has 0 spiro atoms. The maximum absolute atomic E-state index is 14.0. The van der Waals surface area contributed by atoms with Crippen molar-refractivity contribution in [1.29, 1.82) is 5.26 Å². The topological polar surface area (TPSA) is 115 Å². The second-order valence-corrected chi connectivity index (χ2v) is 9.15. The minimum Gasteiger partial charge on any atom is -0.506 e. The third-order valence-electron chi connectivity index (χ3n) is 7.05. The number of rotatable bonds is 4. The molecule has 1 aliphatic carbocycles. The van der Waals surface area contributed by atoms with Crippen molar-refractivity contribution in [3.63, 3.8) is 0 Å². The quantitative estimate of drug-likeness (QED) is 0.516. The van der Waals surface area contributed by atoms with Gasteiger partial charge in [-0.1, -0.05) is 18.2 Å². The number of carbonyl (C=O) groups excluding carboxylic acids is 1. The molecule has 0 saturated carbocycles. The van der Waals surface area contributed by atoms with E-state index in [-0.39, 0.29) is 29.1 Å². The van der Waals surface area contributed by atoms with Gasteiger partial charge in [0.25, 0.3) is 0 Å². The molecule has 3 aromatic rings. The van der Waals surface area contributed by atoms with Crippen molar-refractivity contribution in [2.45, 2.75) is 18.9 Å². The lowest BCUT2D eigenvalue weighted by Crippen LogP contribution is -2.53. The lowest BCUT2D eigenvalue weighted by molar-refractivity contribution is -0.125. The molecule has 2 aliphatic rings. The fourth-order valence-electron chi connectivity index (χ4n) is 5.10. The van der Waals surface area contributed by atoms with Crippen molar-refractivity contribution >= 4 is 28.1 Å². The number of nitrogens with two attached hydrogens (primary N) is 1. The summed E-state index contributed by atoms with van der Waals surface area (Å²) >= 11 is 0. The molecule has 1 aliphatic heterocycles. The van der Waals surface area contributed by atoms with Gasteiger partial charge < -0.3 is 21.1 Å². The first-order chi connectivity index (χ1) is 17.4. The highest BCUT2D eigenvalue weighted by Gasteiger charge is 2.33. The number of phenols is 1. The number of piperidine rings is 1. The number of nitrogens with one attached hydrogen (secondary N) is 1. The molecule has 1 aromatic heterocycles. The number of halogens is 1. The zero-order valence-corrected chi connectivity index (χ0v) is 19.8. The van der Waals surface area contributed by atoms with Crippen LogP contribution < -0.4 is 16.0 Å². The molecule has 5 rings (SSSR count). The van der Waals surface area contributed by atoms with Gasteiger partial charge in [0.15, 0.2) is 0 Å². The molecule has 182 valence electrons. The molecule has 0 radical (unpaired) electrons. The number of anilines is 1. The monoisotopic (exact) mass is 483 g/mol. The van der Waals surface area contributed by atoms with Crippen LogP contribution in [0.4, 0.5) is 10.1 Å². The molecule has 2 atom stereocenters. The molecule has 2 aromatic carbocycles. The smallest absolute Gasteiger partial charge is 0.226 e. The van der Waals surface area contributed by atoms with Gasteiger partial charge in [-0.3, -0.25) is 9.78 Å². The fourth-order valence-corrected chi connectivity index (χ4v) is 5.10. The van der Waals surface area contributed by atoms with Gasteiger partial charge >= 0.3 is 0 Å². The van der Waals surface area contributed by atoms with E-state index in [1.54, 1.807) is 31.4 Å². The Bertz CT molecular complexity index is 1470. The van der Waals surface area contributed by atoms with Gasteiger partial charge in [0.05, 0.1) is 22.7 Å². The summed E-state index contributed by atoms with van der Waals surface area (Å²) in [6.45, 7) is 1.04. The number of phenolic OH excluding ortho intramolecular Hbond substituents is 1. The lowest BCUT2D eigenvalue weighted by atomic mass is 9.90. The summed E-state index contributed by atoms with van der Waals surface area (Å²) in [6, 6.07) is 12.4. The van der Waals surface area contributed by atoms with Gasteiger partial charge in [0.1, 0.15) is 17.6 Å². The molecular formula is C28H26FN5O2. The van der Waals surface area contributed by atoms with Crippen molar-refractivity contribution in [2.75, 3.05) is 25.0 Å². The number of benzene rings is 2. The van der Waals surface area contributed by atoms with Gasteiger partial charge in [0.2, 0.25) is 5.91 Å². The molecular weight excluding hydrogens is 457 g/mol. The maximum atomic E-state index is 14.0. The Morgan fingerprint density at radius 2 is 2.14 bits per heavy atom. The van der Waals surface area contributed by atoms with E-state index in [4.69, 9.17) is 5.73 Å². The normalized spacial score (nSPS) is 19.6. The van der Waals surface area contributed by atoms with Crippen LogP contribution in [0.5, 0.6) is 5.75 Å². The Hall–Kier alpha value is -4.22. The number of nitriles is 1. The van der Waals surface area contributed by atoms with Crippen LogP contribution in [0.1, 0.15) is 24.0 Å². The van der Waals surface area contributed by atoms with E-state index >= 15 is 0 Å². The van der Waals surface area contributed by atoms with E-state index in [1.165, 1.54) is 12.2 Å². The highest BCUT2D eigenvalue weighted by Crippen LogP contribution is 2.41. The number of nitrogens with zero attached hydrogens (tertiary/aromatic N) is 3. The summed E-state index contributed by atoms with van der Waals surface area (Å²) in [5.41, 5.74) is 10.9. The first-order valence-electron chi connectivity index (χ1n) is 11.8. The molecule has 1 fully saturated rings. The number of hydrogen-bond donors (Lipinski definition) is 3. The van der Waals surface area contributed by atoms with Crippen LogP contribution in [0, 0.1) is 17.2 Å². The van der Waals surface area contributed by atoms with Crippen molar-refractivity contribution in [1.82, 2.24) is 10.3 Å². The van der Waals surface area contributed by atoms with Crippen LogP contribution in [-0.2, 0) is 4.79 Å². The van der Waals surface area contributed by atoms with Crippen LogP contribution in [0.15, 0.2) is 60.6 Å². The molecule has 0 bridgehead atoms. The summed E-state index contributed by atoms with van der Waals surface area (Å²) in [4.78, 5) is 19.4. The van der Waals surface area contributed by atoms with Crippen LogP contribution >= 0.6 is 0 Å². The van der Waals surface area contributed by atoms with Gasteiger partial charge in [-0.25, -0.2) is 4.39 Å². The third-order valence-corrected chi connectivity index (χ3v) is 7.05. The first kappa shape index (κ1) is 23.5. The Morgan fingerprint density at radius 1 is 1.31 bits per heavy atom. The molecule has 4 N–H and O–H groups in total. The van der Waals surface area contributed by atoms with E-state index < -0.39 is 5.92 Å². The predicted octanol–water partition coefficient (Wildman–Crippen LogP) is 4.02. The van der Waals surface area contributed by atoms with Gasteiger partial charge in [-0.2, -0.15) is 5.26 Å². The van der Waals surface area contributed by atoms with Crippen molar-refractivity contribution in [3.8, 4) is 22.9 Å². The maximum Gasteiger partial charge on any atom is 0.226 e. The van der Waals surface area contributed by atoms with Crippen molar-refractivity contribution < 1.29 is 14.3 Å². The summed E-state index contributed by atoms with van der Waals surface area (Å²) in [5, 5.41) is 23.6. The number of aromatic hydroxyl groups is 1. The number of para-hydroxylation sites is 1. The Balaban J connectivity index is 1.70. The molecule has 7 nitrogen and oxygen atoms in total. The number of pyridine rings is 1. The van der Waals surface area contributed by atoms with E-state index in [0.29, 0.717) is 31.5 Å². The van der Waals surface area contributed by atoms with E-state index in [1.807, 2.05) is 24.3 Å². The zero-order chi connectivity index (χ0) is 25.4. The van der Waals surface area contributed by atoms with Crippen LogP contribution in [0.3, 0.4) is 0 Å². The highest BCUT2D eigenvalue weighted by atomic mass is 19.1. The number of amides is 1. The molecule has 1 saturated heterocycles. The van der Waals surface area contributed by atoms with Crippen LogP contribution in [0.2, 0.25) is 0 Å². The van der Waals surface area contributed by atoms with Crippen LogP contribution in [0.25, 0.3) is 27.6 Å². The van der Waals surface area contributed by atoms with Crippen molar-refractivity contribution in [3.05, 3.63) is 71.7 Å². The molecule has 1 amide bonds. The minimum atomic E-state index is -0.397. The summed E-state index contributed by atoms with van der Waals surface area (Å²) in [5.74, 6) is -0.879. The van der Waals surface area contributed by atoms with E-state index in [0.717, 1.165) is 33.3 Å². The van der Waals surface area contributed by atoms with Gasteiger partial charge in [-0.15, -0.1) is 0 Å². The standard InChI is InChI=1S/C28H26FN5O2/c1-32-28(36)23-15-34(10-9-24(23)31)26-21-12-17(20-4-2-3-18(13-30)27(20)35)6-8-25(21)33-14-22(26)16-5-7-19(29)11-16/h2-4,6-8,11-12,14,23-24,35H,5,9-10,15,31H2,1H3,(H,32,36)/t23-,24-/m1/s1. The van der Waals surface area contributed by atoms with Crippen LogP contribution in [-0.4, -0.2) is 42.2 Å². The second-order valence-electron chi connectivity index (χ2n) is 9.15. The minimum absolute atomic E-state index is 0.0848. The molecule has 2 heterocycles. The summed E-state index contributed by atoms with van der Waals surface area (Å²) in [6.07, 6.45) is 5.88. The highest BCUT2D eigenvalue weighted by molar-refractivity contribution is 6.01. The Kier molecular flexibility index (Phi) is 6.17. The average Bonchev–Trinajstić information content (AvgIpc) is 3.33. The number of fused-ring (bicyclic) bond motifs is 1. The SMILES string of the molecule is CNC(=O)[C@@H]1CN(c2c(C3=CC(F)=CC3)cnc3ccc(-c4cccc(C#N)c4O)cc23)CC[C@H]1N. The fraction of sp³-hybridized carbons (Fsp3) is 0.250. The second kappa shape index (κ2) is 9.44. The Morgan fingerprint density at radius 3 is 2.86 bits per heavy atom. The average molecular weight is 484 g/mol. The van der Waals surface area contributed by atoms with E-state index in [9.17, 15) is 19.6 Å². The largest absolute Gasteiger partial charge is 0.506 e. The van der Waals surface area contributed by atoms with Gasteiger partial charge in [-0.05, 0) is 54.3 Å². The predicted molar refractivity (Wildman–Crippen MR) is 138 cm³/mol. The molecule has 0 unspecified atom stereocenters. The van der Waals surface area contributed by atoms with Gasteiger partial charge in [0, 0.05) is 48.9 Å². The number of hydrogen-bond acceptors (Lipinski definition) is 6. The van der Waals surface area contributed by atoms with E-state index in [2.05, 4.69) is 15.2 Å². The number of allylic oxidation sites excluding steroid dienone is 4. The third kappa shape index (κ3) is 4.08. The summed E-state index contributed by atoms with van der Waals surface area (Å²) < 4.78 is 14.0. The zero-order valence-electron chi connectivity index (χ0n) is 19.8. The first-order valence-corrected chi connectivity index (χ1v) is 11.8. The lowest BCUT2D eigenvalue weighted by Gasteiger charge is -2.38. The Labute approximate surface area is 208 Å². The molecule has 8 heteroatoms. The molecule has 36 heavy (non-hydrogen) atoms. The number of carbonyl (C=O) groups is 1. The number of aromatic nitrogens is 1. The summed E-state index contributed by atoms with van der Waals surface area (Å²) in [7, 11) is 1.60.